The fourth-order valence-electron chi connectivity index (χ4n) is 4.36. The van der Waals surface area contributed by atoms with Gasteiger partial charge in [-0.3, -0.25) is 9.10 Å². The van der Waals surface area contributed by atoms with Gasteiger partial charge in [0.1, 0.15) is 6.54 Å². The first-order chi connectivity index (χ1) is 18.1. The molecule has 0 aromatic heterocycles. The normalized spacial score (nSPS) is 14.8. The summed E-state index contributed by atoms with van der Waals surface area (Å²) in [6.07, 6.45) is 2.71. The van der Waals surface area contributed by atoms with E-state index in [9.17, 15) is 21.6 Å². The molecule has 38 heavy (non-hydrogen) atoms. The number of piperidine rings is 1. The molecule has 8 nitrogen and oxygen atoms in total. The van der Waals surface area contributed by atoms with Crippen LogP contribution in [0.2, 0.25) is 0 Å². The van der Waals surface area contributed by atoms with E-state index in [0.717, 1.165) is 29.1 Å². The molecule has 10 heteroatoms. The van der Waals surface area contributed by atoms with E-state index in [2.05, 4.69) is 5.32 Å². The van der Waals surface area contributed by atoms with Crippen LogP contribution in [-0.4, -0.2) is 46.7 Å². The van der Waals surface area contributed by atoms with E-state index >= 15 is 0 Å². The molecular weight excluding hydrogens is 522 g/mol. The second-order valence-corrected chi connectivity index (χ2v) is 13.4. The number of hydrogen-bond acceptors (Lipinski definition) is 5. The Morgan fingerprint density at radius 3 is 2.00 bits per heavy atom. The number of nitrogens with one attached hydrogen (secondary N) is 1. The number of nitrogens with zero attached hydrogens (tertiary/aromatic N) is 2. The highest BCUT2D eigenvalue weighted by Gasteiger charge is 2.28. The molecule has 0 bridgehead atoms. The molecule has 0 saturated carbocycles. The Hall–Kier alpha value is -3.21. The van der Waals surface area contributed by atoms with Crippen molar-refractivity contribution in [1.29, 1.82) is 0 Å². The highest BCUT2D eigenvalue weighted by Crippen LogP contribution is 2.26. The third-order valence-electron chi connectivity index (χ3n) is 6.56. The predicted octanol–water partition coefficient (Wildman–Crippen LogP) is 4.82. The van der Waals surface area contributed by atoms with Crippen LogP contribution in [0.25, 0.3) is 0 Å². The number of anilines is 2. The Bertz CT molecular complexity index is 1450. The predicted molar refractivity (Wildman–Crippen MR) is 149 cm³/mol. The summed E-state index contributed by atoms with van der Waals surface area (Å²) in [6.45, 7) is 4.65. The molecule has 0 atom stereocenters. The monoisotopic (exact) mass is 555 g/mol. The molecule has 0 radical (unpaired) electrons. The van der Waals surface area contributed by atoms with Crippen molar-refractivity contribution in [2.45, 2.75) is 48.8 Å². The van der Waals surface area contributed by atoms with Crippen LogP contribution in [0.5, 0.6) is 0 Å². The molecule has 3 aromatic rings. The number of hydrogen-bond donors (Lipinski definition) is 1. The highest BCUT2D eigenvalue weighted by atomic mass is 32.2. The molecule has 1 amide bonds. The lowest BCUT2D eigenvalue weighted by Crippen LogP contribution is -2.38. The lowest BCUT2D eigenvalue weighted by Gasteiger charge is -2.26. The van der Waals surface area contributed by atoms with Gasteiger partial charge < -0.3 is 5.32 Å². The number of benzene rings is 3. The summed E-state index contributed by atoms with van der Waals surface area (Å²) in [5.74, 6) is -0.280. The summed E-state index contributed by atoms with van der Waals surface area (Å²) >= 11 is 0. The second kappa shape index (κ2) is 11.7. The number of rotatable bonds is 9. The van der Waals surface area contributed by atoms with Crippen molar-refractivity contribution in [1.82, 2.24) is 4.31 Å². The number of carbonyl (C=O) groups is 1. The minimum Gasteiger partial charge on any atom is -0.325 e. The van der Waals surface area contributed by atoms with Gasteiger partial charge in [-0.05, 0) is 72.9 Å². The van der Waals surface area contributed by atoms with Crippen LogP contribution in [0.4, 0.5) is 11.4 Å². The third-order valence-corrected chi connectivity index (χ3v) is 10.3. The van der Waals surface area contributed by atoms with E-state index in [1.807, 2.05) is 26.0 Å². The molecular formula is C28H33N3O5S2. The Kier molecular flexibility index (Phi) is 8.54. The Morgan fingerprint density at radius 1 is 0.816 bits per heavy atom. The van der Waals surface area contributed by atoms with E-state index in [1.54, 1.807) is 30.3 Å². The fourth-order valence-corrected chi connectivity index (χ4v) is 7.31. The first-order valence-corrected chi connectivity index (χ1v) is 15.5. The van der Waals surface area contributed by atoms with Crippen molar-refractivity contribution >= 4 is 37.3 Å². The smallest absolute Gasteiger partial charge is 0.264 e. The van der Waals surface area contributed by atoms with Crippen molar-refractivity contribution < 1.29 is 21.6 Å². The van der Waals surface area contributed by atoms with Crippen LogP contribution in [0.3, 0.4) is 0 Å². The number of amides is 1. The first kappa shape index (κ1) is 27.8. The molecule has 1 saturated heterocycles. The summed E-state index contributed by atoms with van der Waals surface area (Å²) in [6, 6.07) is 21.0. The van der Waals surface area contributed by atoms with E-state index in [0.29, 0.717) is 24.5 Å². The van der Waals surface area contributed by atoms with Gasteiger partial charge in [0.15, 0.2) is 0 Å². The minimum absolute atomic E-state index is 0.0769. The van der Waals surface area contributed by atoms with Gasteiger partial charge in [0.25, 0.3) is 10.0 Å². The van der Waals surface area contributed by atoms with Gasteiger partial charge in [-0.25, -0.2) is 16.8 Å². The maximum Gasteiger partial charge on any atom is 0.264 e. The standard InChI is InChI=1S/C28H33N3O5S2/c1-22(2)23-11-15-25(16-12-23)31(38(35,36)26-9-5-3-6-10-26)21-28(32)29-24-13-17-27(18-14-24)37(33,34)30-19-7-4-8-20-30/h3,5-6,9-18,22H,4,7-8,19-21H2,1-2H3,(H,29,32). The first-order valence-electron chi connectivity index (χ1n) is 12.7. The average Bonchev–Trinajstić information content (AvgIpc) is 2.93. The zero-order valence-electron chi connectivity index (χ0n) is 21.6. The Balaban J connectivity index is 1.54. The van der Waals surface area contributed by atoms with Crippen LogP contribution in [0.1, 0.15) is 44.6 Å². The molecule has 0 spiro atoms. The summed E-state index contributed by atoms with van der Waals surface area (Å²) in [5.41, 5.74) is 1.80. The molecule has 0 unspecified atom stereocenters. The topological polar surface area (TPSA) is 104 Å². The van der Waals surface area contributed by atoms with Crippen LogP contribution >= 0.6 is 0 Å². The van der Waals surface area contributed by atoms with Gasteiger partial charge in [-0.15, -0.1) is 0 Å². The van der Waals surface area contributed by atoms with Crippen LogP contribution < -0.4 is 9.62 Å². The zero-order valence-corrected chi connectivity index (χ0v) is 23.2. The van der Waals surface area contributed by atoms with Gasteiger partial charge in [0.05, 0.1) is 15.5 Å². The molecule has 1 aliphatic heterocycles. The Morgan fingerprint density at radius 2 is 1.42 bits per heavy atom. The van der Waals surface area contributed by atoms with E-state index in [1.165, 1.54) is 40.7 Å². The van der Waals surface area contributed by atoms with Gasteiger partial charge in [-0.1, -0.05) is 50.6 Å². The molecule has 1 heterocycles. The lowest BCUT2D eigenvalue weighted by atomic mass is 10.0. The summed E-state index contributed by atoms with van der Waals surface area (Å²) in [7, 11) is -7.61. The Labute approximate surface area is 225 Å². The van der Waals surface area contributed by atoms with Crippen LogP contribution in [-0.2, 0) is 24.8 Å². The van der Waals surface area contributed by atoms with Gasteiger partial charge in [0.2, 0.25) is 15.9 Å². The quantitative estimate of drug-likeness (QED) is 0.408. The van der Waals surface area contributed by atoms with E-state index in [4.69, 9.17) is 0 Å². The molecule has 1 N–H and O–H groups in total. The third kappa shape index (κ3) is 6.25. The molecule has 202 valence electrons. The largest absolute Gasteiger partial charge is 0.325 e. The molecule has 1 fully saturated rings. The average molecular weight is 556 g/mol. The van der Waals surface area contributed by atoms with E-state index < -0.39 is 32.5 Å². The summed E-state index contributed by atoms with van der Waals surface area (Å²) in [4.78, 5) is 13.3. The van der Waals surface area contributed by atoms with Crippen molar-refractivity contribution in [2.75, 3.05) is 29.3 Å². The maximum absolute atomic E-state index is 13.5. The second-order valence-electron chi connectivity index (χ2n) is 9.61. The summed E-state index contributed by atoms with van der Waals surface area (Å²) < 4.78 is 55.4. The fraction of sp³-hybridized carbons (Fsp3) is 0.321. The number of carbonyl (C=O) groups excluding carboxylic acids is 1. The lowest BCUT2D eigenvalue weighted by molar-refractivity contribution is -0.114. The SMILES string of the molecule is CC(C)c1ccc(N(CC(=O)Nc2ccc(S(=O)(=O)N3CCCCC3)cc2)S(=O)(=O)c2ccccc2)cc1. The van der Waals surface area contributed by atoms with Gasteiger partial charge in [-0.2, -0.15) is 4.31 Å². The molecule has 1 aliphatic rings. The summed E-state index contributed by atoms with van der Waals surface area (Å²) in [5, 5.41) is 2.70. The van der Waals surface area contributed by atoms with Gasteiger partial charge in [0, 0.05) is 18.8 Å². The van der Waals surface area contributed by atoms with Crippen molar-refractivity contribution in [2.24, 2.45) is 0 Å². The van der Waals surface area contributed by atoms with Gasteiger partial charge >= 0.3 is 0 Å². The van der Waals surface area contributed by atoms with Crippen LogP contribution in [0.15, 0.2) is 88.7 Å². The highest BCUT2D eigenvalue weighted by molar-refractivity contribution is 7.92. The van der Waals surface area contributed by atoms with Crippen LogP contribution in [0, 0.1) is 0 Å². The van der Waals surface area contributed by atoms with Crippen molar-refractivity contribution in [3.63, 3.8) is 0 Å². The zero-order chi connectivity index (χ0) is 27.3. The molecule has 4 rings (SSSR count). The molecule has 0 aliphatic carbocycles. The molecule has 3 aromatic carbocycles. The minimum atomic E-state index is -4.03. The number of sulfonamides is 2. The maximum atomic E-state index is 13.5. The van der Waals surface area contributed by atoms with Crippen molar-refractivity contribution in [3.8, 4) is 0 Å². The van der Waals surface area contributed by atoms with E-state index in [-0.39, 0.29) is 15.7 Å². The van der Waals surface area contributed by atoms with Crippen molar-refractivity contribution in [3.05, 3.63) is 84.4 Å².